The fourth-order valence-corrected chi connectivity index (χ4v) is 5.22. The Kier molecular flexibility index (Phi) is 5.74. The van der Waals surface area contributed by atoms with E-state index in [0.717, 1.165) is 12.1 Å². The van der Waals surface area contributed by atoms with E-state index in [-0.39, 0.29) is 40.3 Å². The Morgan fingerprint density at radius 3 is 2.67 bits per heavy atom. The summed E-state index contributed by atoms with van der Waals surface area (Å²) in [6.45, 7) is 3.81. The van der Waals surface area contributed by atoms with E-state index in [0.29, 0.717) is 6.42 Å². The Labute approximate surface area is 162 Å². The lowest BCUT2D eigenvalue weighted by atomic mass is 10.0. The summed E-state index contributed by atoms with van der Waals surface area (Å²) >= 11 is 6.14. The molecule has 1 heterocycles. The maximum Gasteiger partial charge on any atom is 0.247 e. The van der Waals surface area contributed by atoms with Crippen molar-refractivity contribution in [1.82, 2.24) is 4.31 Å². The van der Waals surface area contributed by atoms with Gasteiger partial charge in [-0.3, -0.25) is 0 Å². The average molecular weight is 416 g/mol. The normalized spacial score (nSPS) is 19.4. The highest BCUT2D eigenvalue weighted by Gasteiger charge is 2.38. The molecule has 0 amide bonds. The van der Waals surface area contributed by atoms with Crippen LogP contribution in [0.3, 0.4) is 0 Å². The van der Waals surface area contributed by atoms with Crippen LogP contribution in [0.1, 0.15) is 25.8 Å². The van der Waals surface area contributed by atoms with Gasteiger partial charge in [-0.15, -0.1) is 0 Å². The molecule has 146 valence electrons. The van der Waals surface area contributed by atoms with Crippen LogP contribution in [-0.2, 0) is 16.6 Å². The van der Waals surface area contributed by atoms with Gasteiger partial charge in [0.2, 0.25) is 10.0 Å². The number of nitrogens with zero attached hydrogens (tertiary/aromatic N) is 1. The molecule has 0 N–H and O–H groups in total. The van der Waals surface area contributed by atoms with Crippen LogP contribution in [0.4, 0.5) is 8.78 Å². The van der Waals surface area contributed by atoms with E-state index >= 15 is 0 Å². The largest absolute Gasteiger partial charge is 0.489 e. The van der Waals surface area contributed by atoms with Crippen molar-refractivity contribution in [2.75, 3.05) is 6.61 Å². The first-order valence-electron chi connectivity index (χ1n) is 8.57. The highest BCUT2D eigenvalue weighted by molar-refractivity contribution is 7.89. The maximum absolute atomic E-state index is 14.2. The average Bonchev–Trinajstić information content (AvgIpc) is 2.67. The number of ether oxygens (including phenoxy) is 1. The van der Waals surface area contributed by atoms with Gasteiger partial charge in [0.1, 0.15) is 23.1 Å². The van der Waals surface area contributed by atoms with Gasteiger partial charge in [0.15, 0.2) is 5.75 Å². The molecule has 2 aromatic carbocycles. The van der Waals surface area contributed by atoms with Crippen LogP contribution in [0.25, 0.3) is 0 Å². The van der Waals surface area contributed by atoms with E-state index in [2.05, 4.69) is 0 Å². The van der Waals surface area contributed by atoms with Gasteiger partial charge in [-0.1, -0.05) is 37.6 Å². The molecule has 0 aliphatic carbocycles. The van der Waals surface area contributed by atoms with E-state index in [1.807, 2.05) is 13.8 Å². The van der Waals surface area contributed by atoms with Gasteiger partial charge < -0.3 is 4.74 Å². The summed E-state index contributed by atoms with van der Waals surface area (Å²) in [5.41, 5.74) is 0.0965. The molecule has 8 heteroatoms. The molecule has 0 spiro atoms. The van der Waals surface area contributed by atoms with Crippen LogP contribution < -0.4 is 4.74 Å². The predicted molar refractivity (Wildman–Crippen MR) is 99.3 cm³/mol. The molecular weight excluding hydrogens is 396 g/mol. The van der Waals surface area contributed by atoms with Gasteiger partial charge in [0.05, 0.1) is 11.1 Å². The summed E-state index contributed by atoms with van der Waals surface area (Å²) in [7, 11) is -4.00. The molecule has 0 saturated heterocycles. The van der Waals surface area contributed by atoms with E-state index in [1.165, 1.54) is 22.5 Å². The number of benzene rings is 2. The summed E-state index contributed by atoms with van der Waals surface area (Å²) in [6, 6.07) is 7.12. The Balaban J connectivity index is 2.09. The lowest BCUT2D eigenvalue weighted by molar-refractivity contribution is 0.186. The lowest BCUT2D eigenvalue weighted by Crippen LogP contribution is -2.42. The van der Waals surface area contributed by atoms with E-state index < -0.39 is 27.7 Å². The number of halogens is 3. The topological polar surface area (TPSA) is 46.6 Å². The molecule has 1 aliphatic rings. The van der Waals surface area contributed by atoms with Crippen LogP contribution in [0.5, 0.6) is 5.75 Å². The molecule has 2 aromatic rings. The van der Waals surface area contributed by atoms with Crippen LogP contribution >= 0.6 is 11.6 Å². The van der Waals surface area contributed by atoms with Crippen LogP contribution in [0.2, 0.25) is 5.02 Å². The molecule has 1 atom stereocenters. The zero-order chi connectivity index (χ0) is 19.8. The summed E-state index contributed by atoms with van der Waals surface area (Å²) in [6.07, 6.45) is 0.521. The first-order chi connectivity index (χ1) is 12.7. The molecule has 0 fully saturated rings. The second kappa shape index (κ2) is 7.73. The third-order valence-electron chi connectivity index (χ3n) is 4.43. The first kappa shape index (κ1) is 20.0. The molecule has 3 rings (SSSR count). The van der Waals surface area contributed by atoms with Gasteiger partial charge in [0.25, 0.3) is 0 Å². The fraction of sp³-hybridized carbons (Fsp3) is 0.368. The van der Waals surface area contributed by atoms with Crippen molar-refractivity contribution < 1.29 is 21.9 Å². The van der Waals surface area contributed by atoms with Crippen molar-refractivity contribution in [3.05, 3.63) is 58.6 Å². The molecule has 0 saturated carbocycles. The van der Waals surface area contributed by atoms with Crippen molar-refractivity contribution in [2.24, 2.45) is 5.92 Å². The van der Waals surface area contributed by atoms with Gasteiger partial charge in [-0.05, 0) is 30.5 Å². The zero-order valence-corrected chi connectivity index (χ0v) is 16.5. The minimum absolute atomic E-state index is 0.0521. The Morgan fingerprint density at radius 2 is 2.00 bits per heavy atom. The summed E-state index contributed by atoms with van der Waals surface area (Å²) in [4.78, 5) is -0.0521. The number of sulfonamides is 1. The summed E-state index contributed by atoms with van der Waals surface area (Å²) < 4.78 is 61.1. The quantitative estimate of drug-likeness (QED) is 0.732. The van der Waals surface area contributed by atoms with Crippen molar-refractivity contribution >= 4 is 21.6 Å². The van der Waals surface area contributed by atoms with Gasteiger partial charge in [-0.2, -0.15) is 4.31 Å². The number of hydrogen-bond acceptors (Lipinski definition) is 3. The molecular formula is C19H20ClF2NO3S. The predicted octanol–water partition coefficient (Wildman–Crippen LogP) is 4.62. The Hall–Kier alpha value is -1.70. The van der Waals surface area contributed by atoms with Crippen molar-refractivity contribution in [3.63, 3.8) is 0 Å². The standard InChI is InChI=1S/C19H20ClF2NO3S/c1-12(2)8-15-11-26-19-16(20)4-3-5-18(19)27(24,25)23(15)10-13-6-7-14(21)9-17(13)22/h3-7,9,12,15H,8,10-11H2,1-2H3/t15-/m0/s1. The van der Waals surface area contributed by atoms with Crippen molar-refractivity contribution in [3.8, 4) is 5.75 Å². The second-order valence-corrected chi connectivity index (χ2v) is 9.21. The summed E-state index contributed by atoms with van der Waals surface area (Å²) in [5, 5.41) is 0.203. The molecule has 1 aliphatic heterocycles. The maximum atomic E-state index is 14.2. The molecule has 27 heavy (non-hydrogen) atoms. The third kappa shape index (κ3) is 4.10. The van der Waals surface area contributed by atoms with Gasteiger partial charge in [0, 0.05) is 18.2 Å². The van der Waals surface area contributed by atoms with Gasteiger partial charge in [-0.25, -0.2) is 17.2 Å². The zero-order valence-electron chi connectivity index (χ0n) is 15.0. The van der Waals surface area contributed by atoms with Crippen molar-refractivity contribution in [2.45, 2.75) is 37.8 Å². The molecule has 0 unspecified atom stereocenters. The second-order valence-electron chi connectivity index (χ2n) is 6.95. The minimum Gasteiger partial charge on any atom is -0.489 e. The fourth-order valence-electron chi connectivity index (χ4n) is 3.18. The SMILES string of the molecule is CC(C)C[C@H]1COc2c(Cl)cccc2S(=O)(=O)N1Cc1ccc(F)cc1F. The monoisotopic (exact) mass is 415 g/mol. The Bertz CT molecular complexity index is 950. The smallest absolute Gasteiger partial charge is 0.247 e. The first-order valence-corrected chi connectivity index (χ1v) is 10.4. The van der Waals surface area contributed by atoms with E-state index in [4.69, 9.17) is 16.3 Å². The molecule has 0 radical (unpaired) electrons. The minimum atomic E-state index is -4.00. The highest BCUT2D eigenvalue weighted by Crippen LogP contribution is 2.38. The van der Waals surface area contributed by atoms with Gasteiger partial charge >= 0.3 is 0 Å². The van der Waals surface area contributed by atoms with E-state index in [1.54, 1.807) is 6.07 Å². The highest BCUT2D eigenvalue weighted by atomic mass is 35.5. The molecule has 0 bridgehead atoms. The van der Waals surface area contributed by atoms with Crippen molar-refractivity contribution in [1.29, 1.82) is 0 Å². The van der Waals surface area contributed by atoms with Crippen LogP contribution in [0, 0.1) is 17.6 Å². The summed E-state index contributed by atoms with van der Waals surface area (Å²) in [5.74, 6) is -1.21. The number of fused-ring (bicyclic) bond motifs is 1. The lowest BCUT2D eigenvalue weighted by Gasteiger charge is -2.29. The number of para-hydroxylation sites is 1. The molecule has 4 nitrogen and oxygen atoms in total. The third-order valence-corrected chi connectivity index (χ3v) is 6.65. The molecule has 0 aromatic heterocycles. The van der Waals surface area contributed by atoms with Crippen LogP contribution in [-0.4, -0.2) is 25.4 Å². The van der Waals surface area contributed by atoms with E-state index in [9.17, 15) is 17.2 Å². The Morgan fingerprint density at radius 1 is 1.26 bits per heavy atom. The number of rotatable bonds is 4. The van der Waals surface area contributed by atoms with Crippen LogP contribution in [0.15, 0.2) is 41.3 Å². The number of hydrogen-bond donors (Lipinski definition) is 0.